The van der Waals surface area contributed by atoms with Crippen molar-refractivity contribution in [2.45, 2.75) is 0 Å². The Hall–Kier alpha value is 0.924. The summed E-state index contributed by atoms with van der Waals surface area (Å²) in [6.07, 6.45) is 0. The van der Waals surface area contributed by atoms with Crippen LogP contribution in [0.4, 0.5) is 0 Å². The summed E-state index contributed by atoms with van der Waals surface area (Å²) in [5.74, 6) is 0. The van der Waals surface area contributed by atoms with E-state index >= 15 is 0 Å². The second-order valence-electron chi connectivity index (χ2n) is 0.513. The van der Waals surface area contributed by atoms with Crippen molar-refractivity contribution in [2.24, 2.45) is 0 Å². The van der Waals surface area contributed by atoms with Crippen LogP contribution in [-0.2, 0) is 4.57 Å². The monoisotopic (exact) mass is 138 g/mol. The summed E-state index contributed by atoms with van der Waals surface area (Å²) >= 11 is 0. The topological polar surface area (TPSA) is 77.8 Å². The number of rotatable bonds is 0. The van der Waals surface area contributed by atoms with Crippen LogP contribution in [0.1, 0.15) is 0 Å². The molecule has 42 valence electrons. The van der Waals surface area contributed by atoms with Gasteiger partial charge >= 0.3 is 26.7 Å². The Morgan fingerprint density at radius 1 is 1.14 bits per heavy atom. The molecule has 0 bridgehead atoms. The maximum absolute atomic E-state index is 8.88. The summed E-state index contributed by atoms with van der Waals surface area (Å²) in [7, 11) is -4.64. The average molecular weight is 138 g/mol. The van der Waals surface area contributed by atoms with Crippen molar-refractivity contribution < 1.29 is 19.2 Å². The number of phosphoric acid groups is 1. The molecule has 0 saturated heterocycles. The second kappa shape index (κ2) is 5.07. The zero-order valence-electron chi connectivity index (χ0n) is 2.20. The van der Waals surface area contributed by atoms with E-state index in [0.717, 1.165) is 0 Å². The Kier molecular flexibility index (Phi) is 11.3. The van der Waals surface area contributed by atoms with Crippen LogP contribution in [0.5, 0.6) is 0 Å². The molecule has 0 atom stereocenters. The van der Waals surface area contributed by atoms with E-state index in [9.17, 15) is 0 Å². The van der Waals surface area contributed by atoms with Crippen LogP contribution in [0.3, 0.4) is 0 Å². The van der Waals surface area contributed by atoms with Gasteiger partial charge in [-0.3, -0.25) is 0 Å². The van der Waals surface area contributed by atoms with E-state index in [1.54, 1.807) is 0 Å². The zero-order valence-corrected chi connectivity index (χ0v) is 3.09. The molecular formula is H8LiO4PSi. The Morgan fingerprint density at radius 3 is 1.14 bits per heavy atom. The van der Waals surface area contributed by atoms with Crippen molar-refractivity contribution in [1.29, 1.82) is 0 Å². The molecule has 7 heavy (non-hydrogen) atoms. The van der Waals surface area contributed by atoms with Crippen LogP contribution < -0.4 is 0 Å². The van der Waals surface area contributed by atoms with Gasteiger partial charge in [0.25, 0.3) is 0 Å². The van der Waals surface area contributed by atoms with Gasteiger partial charge in [-0.2, -0.15) is 0 Å². The van der Waals surface area contributed by atoms with E-state index in [2.05, 4.69) is 0 Å². The molecule has 4 nitrogen and oxygen atoms in total. The van der Waals surface area contributed by atoms with Crippen molar-refractivity contribution in [2.75, 3.05) is 0 Å². The van der Waals surface area contributed by atoms with Crippen molar-refractivity contribution in [3.63, 3.8) is 0 Å². The molecule has 0 aromatic carbocycles. The van der Waals surface area contributed by atoms with Gasteiger partial charge < -0.3 is 14.7 Å². The zero-order chi connectivity index (χ0) is 4.50. The van der Waals surface area contributed by atoms with Crippen molar-refractivity contribution in [1.82, 2.24) is 0 Å². The van der Waals surface area contributed by atoms with Gasteiger partial charge in [0.15, 0.2) is 0 Å². The van der Waals surface area contributed by atoms with Gasteiger partial charge in [0.2, 0.25) is 0 Å². The predicted octanol–water partition coefficient (Wildman–Crippen LogP) is -3.03. The van der Waals surface area contributed by atoms with Crippen LogP contribution in [0.2, 0.25) is 0 Å². The van der Waals surface area contributed by atoms with Gasteiger partial charge in [0.1, 0.15) is 0 Å². The fourth-order valence-electron chi connectivity index (χ4n) is 0. The van der Waals surface area contributed by atoms with E-state index in [0.29, 0.717) is 0 Å². The predicted molar refractivity (Wildman–Crippen MR) is 32.7 cm³/mol. The van der Waals surface area contributed by atoms with E-state index in [4.69, 9.17) is 19.2 Å². The molecule has 0 aliphatic rings. The SMILES string of the molecule is O=P(O)(O)O.[LiH].[SiH4]. The van der Waals surface area contributed by atoms with Crippen molar-refractivity contribution in [3.8, 4) is 0 Å². The minimum atomic E-state index is -4.64. The summed E-state index contributed by atoms with van der Waals surface area (Å²) in [6, 6.07) is 0. The normalized spacial score (nSPS) is 8.43. The van der Waals surface area contributed by atoms with E-state index in [1.165, 1.54) is 0 Å². The first-order valence-corrected chi connectivity index (χ1v) is 2.35. The summed E-state index contributed by atoms with van der Waals surface area (Å²) in [5.41, 5.74) is 0. The van der Waals surface area contributed by atoms with Crippen molar-refractivity contribution in [3.05, 3.63) is 0 Å². The molecule has 0 amide bonds. The Bertz CT molecular complexity index is 57.8. The molecule has 7 heteroatoms. The molecular weight excluding hydrogens is 130 g/mol. The second-order valence-corrected chi connectivity index (χ2v) is 1.54. The third-order valence-electron chi connectivity index (χ3n) is 0. The molecule has 3 N–H and O–H groups in total. The molecule has 0 rings (SSSR count). The molecule has 0 spiro atoms. The quantitative estimate of drug-likeness (QED) is 0.246. The summed E-state index contributed by atoms with van der Waals surface area (Å²) in [5, 5.41) is 0. The van der Waals surface area contributed by atoms with Crippen LogP contribution in [0.25, 0.3) is 0 Å². The summed E-state index contributed by atoms with van der Waals surface area (Å²) in [6.45, 7) is 0. The van der Waals surface area contributed by atoms with Crippen LogP contribution in [0.15, 0.2) is 0 Å². The Balaban J connectivity index is -0.0000000800. The molecule has 0 aromatic rings. The first-order chi connectivity index (χ1) is 2.00. The molecule has 0 aliphatic heterocycles. The molecule has 0 aromatic heterocycles. The third kappa shape index (κ3) is 197. The van der Waals surface area contributed by atoms with Crippen LogP contribution in [-0.4, -0.2) is 44.5 Å². The minimum Gasteiger partial charge on any atom is -0.0149 e. The van der Waals surface area contributed by atoms with Gasteiger partial charge in [-0.05, 0) is 11.0 Å². The van der Waals surface area contributed by atoms with Gasteiger partial charge in [-0.25, -0.2) is 4.57 Å². The minimum absolute atomic E-state index is 0. The summed E-state index contributed by atoms with van der Waals surface area (Å²) < 4.78 is 8.88. The van der Waals surface area contributed by atoms with Crippen LogP contribution in [0, 0.1) is 0 Å². The van der Waals surface area contributed by atoms with E-state index < -0.39 is 7.82 Å². The summed E-state index contributed by atoms with van der Waals surface area (Å²) in [4.78, 5) is 21.6. The fraction of sp³-hybridized carbons (Fsp3) is 0. The van der Waals surface area contributed by atoms with Gasteiger partial charge in [-0.15, -0.1) is 0 Å². The first kappa shape index (κ1) is 15.7. The van der Waals surface area contributed by atoms with Gasteiger partial charge in [0.05, 0.1) is 0 Å². The molecule has 0 heterocycles. The molecule has 0 aliphatic carbocycles. The van der Waals surface area contributed by atoms with Gasteiger partial charge in [-0.1, -0.05) is 0 Å². The van der Waals surface area contributed by atoms with Gasteiger partial charge in [0, 0.05) is 0 Å². The molecule has 0 fully saturated rings. The first-order valence-electron chi connectivity index (χ1n) is 0.783. The van der Waals surface area contributed by atoms with Crippen molar-refractivity contribution >= 4 is 37.6 Å². The third-order valence-corrected chi connectivity index (χ3v) is 0. The Labute approximate surface area is 57.4 Å². The van der Waals surface area contributed by atoms with Crippen LogP contribution >= 0.6 is 7.82 Å². The maximum atomic E-state index is 8.88. The molecule has 0 saturated carbocycles. The van der Waals surface area contributed by atoms with E-state index in [1.807, 2.05) is 0 Å². The van der Waals surface area contributed by atoms with E-state index in [-0.39, 0.29) is 29.8 Å². The smallest absolute Gasteiger partial charge is 0.0149 e. The fourth-order valence-corrected chi connectivity index (χ4v) is 0. The molecule has 0 radical (unpaired) electrons. The largest absolute Gasteiger partial charge is 0.0149 e. The average Bonchev–Trinajstić information content (AvgIpc) is 0.722. The maximum Gasteiger partial charge on any atom is -0.0149 e. The molecule has 0 unspecified atom stereocenters. The Morgan fingerprint density at radius 2 is 1.14 bits per heavy atom. The number of hydrogen-bond donors (Lipinski definition) is 3. The standard InChI is InChI=1S/Li.H3O4P.H4Si.H/c;1-5(2,3)4;;/h;(H3,1,2,3,4);1H4;. The number of hydrogen-bond acceptors (Lipinski definition) is 1.